The van der Waals surface area contributed by atoms with Crippen molar-refractivity contribution >= 4 is 27.5 Å². The van der Waals surface area contributed by atoms with Crippen LogP contribution < -0.4 is 14.8 Å². The van der Waals surface area contributed by atoms with Crippen LogP contribution in [0, 0.1) is 5.92 Å². The van der Waals surface area contributed by atoms with Gasteiger partial charge in [-0.2, -0.15) is 4.72 Å². The molecule has 0 aliphatic heterocycles. The normalized spacial score (nSPS) is 12.6. The summed E-state index contributed by atoms with van der Waals surface area (Å²) in [6.45, 7) is 4.59. The van der Waals surface area contributed by atoms with Gasteiger partial charge in [-0.05, 0) is 42.5 Å². The van der Waals surface area contributed by atoms with Gasteiger partial charge in [0.15, 0.2) is 0 Å². The fraction of sp³-hybridized carbons (Fsp3) is 0.381. The topological polar surface area (TPSA) is 84.5 Å². The minimum atomic E-state index is -4.05. The summed E-state index contributed by atoms with van der Waals surface area (Å²) >= 11 is 5.98. The molecular weight excluding hydrogens is 412 g/mol. The first-order valence-corrected chi connectivity index (χ1v) is 11.3. The van der Waals surface area contributed by atoms with Gasteiger partial charge >= 0.3 is 0 Å². The number of hydrogen-bond acceptors (Lipinski definition) is 4. The maximum absolute atomic E-state index is 13.0. The summed E-state index contributed by atoms with van der Waals surface area (Å²) in [6.07, 6.45) is 1.02. The SMILES string of the molecule is COc1ccc(Cl)cc1S(=O)(=O)N[C@H](Cc1ccccc1)C(=O)NCCC(C)C. The Morgan fingerprint density at radius 2 is 1.83 bits per heavy atom. The lowest BCUT2D eigenvalue weighted by atomic mass is 10.1. The average molecular weight is 439 g/mol. The molecule has 2 aromatic carbocycles. The van der Waals surface area contributed by atoms with Gasteiger partial charge in [-0.1, -0.05) is 55.8 Å². The standard InChI is InChI=1S/C21H27ClN2O4S/c1-15(2)11-12-23-21(25)18(13-16-7-5-4-6-8-16)24-29(26,27)20-14-17(22)9-10-19(20)28-3/h4-10,14-15,18,24H,11-13H2,1-3H3,(H,23,25)/t18-/m1/s1. The second-order valence-corrected chi connectivity index (χ2v) is 9.25. The molecule has 0 saturated carbocycles. The molecule has 0 spiro atoms. The molecule has 2 aromatic rings. The zero-order valence-corrected chi connectivity index (χ0v) is 18.4. The van der Waals surface area contributed by atoms with Gasteiger partial charge in [0, 0.05) is 11.6 Å². The second-order valence-electron chi connectivity index (χ2n) is 7.13. The molecule has 0 unspecified atom stereocenters. The summed E-state index contributed by atoms with van der Waals surface area (Å²) < 4.78 is 33.7. The molecule has 158 valence electrons. The highest BCUT2D eigenvalue weighted by Crippen LogP contribution is 2.27. The number of carbonyl (C=O) groups is 1. The lowest BCUT2D eigenvalue weighted by molar-refractivity contribution is -0.122. The molecule has 0 radical (unpaired) electrons. The van der Waals surface area contributed by atoms with Crippen molar-refractivity contribution in [3.05, 3.63) is 59.1 Å². The van der Waals surface area contributed by atoms with Crippen LogP contribution in [-0.4, -0.2) is 34.0 Å². The van der Waals surface area contributed by atoms with Gasteiger partial charge in [0.2, 0.25) is 15.9 Å². The van der Waals surface area contributed by atoms with Crippen LogP contribution in [0.15, 0.2) is 53.4 Å². The van der Waals surface area contributed by atoms with Crippen molar-refractivity contribution in [1.82, 2.24) is 10.0 Å². The molecule has 1 atom stereocenters. The van der Waals surface area contributed by atoms with Crippen molar-refractivity contribution in [1.29, 1.82) is 0 Å². The number of halogens is 1. The third-order valence-electron chi connectivity index (χ3n) is 4.33. The van der Waals surface area contributed by atoms with Gasteiger partial charge in [0.25, 0.3) is 0 Å². The maximum atomic E-state index is 13.0. The van der Waals surface area contributed by atoms with Crippen molar-refractivity contribution in [2.24, 2.45) is 5.92 Å². The van der Waals surface area contributed by atoms with E-state index in [9.17, 15) is 13.2 Å². The summed E-state index contributed by atoms with van der Waals surface area (Å²) in [6, 6.07) is 12.6. The number of benzene rings is 2. The van der Waals surface area contributed by atoms with E-state index in [0.717, 1.165) is 12.0 Å². The van der Waals surface area contributed by atoms with E-state index >= 15 is 0 Å². The molecule has 29 heavy (non-hydrogen) atoms. The van der Waals surface area contributed by atoms with Gasteiger partial charge < -0.3 is 10.1 Å². The summed E-state index contributed by atoms with van der Waals surface area (Å²) in [5.74, 6) is 0.204. The number of rotatable bonds is 10. The van der Waals surface area contributed by atoms with Crippen LogP contribution >= 0.6 is 11.6 Å². The highest BCUT2D eigenvalue weighted by Gasteiger charge is 2.28. The fourth-order valence-corrected chi connectivity index (χ4v) is 4.38. The Balaban J connectivity index is 2.28. The molecule has 0 aliphatic rings. The summed E-state index contributed by atoms with van der Waals surface area (Å²) in [5, 5.41) is 3.08. The largest absolute Gasteiger partial charge is 0.495 e. The third-order valence-corrected chi connectivity index (χ3v) is 6.06. The molecule has 1 amide bonds. The first-order chi connectivity index (χ1) is 13.7. The Labute approximate surface area is 177 Å². The van der Waals surface area contributed by atoms with E-state index in [2.05, 4.69) is 23.9 Å². The van der Waals surface area contributed by atoms with E-state index in [1.165, 1.54) is 19.2 Å². The lowest BCUT2D eigenvalue weighted by Crippen LogP contribution is -2.48. The highest BCUT2D eigenvalue weighted by molar-refractivity contribution is 7.89. The number of amides is 1. The molecule has 0 aliphatic carbocycles. The van der Waals surface area contributed by atoms with Crippen LogP contribution in [-0.2, 0) is 21.2 Å². The molecule has 8 heteroatoms. The van der Waals surface area contributed by atoms with Gasteiger partial charge in [0.05, 0.1) is 7.11 Å². The second kappa shape index (κ2) is 10.6. The van der Waals surface area contributed by atoms with Gasteiger partial charge in [0.1, 0.15) is 16.7 Å². The summed E-state index contributed by atoms with van der Waals surface area (Å²) in [5.41, 5.74) is 0.845. The average Bonchev–Trinajstić information content (AvgIpc) is 2.67. The van der Waals surface area contributed by atoms with Crippen LogP contribution in [0.25, 0.3) is 0 Å². The first kappa shape index (κ1) is 23.2. The molecule has 6 nitrogen and oxygen atoms in total. The van der Waals surface area contributed by atoms with Crippen LogP contribution in [0.3, 0.4) is 0 Å². The van der Waals surface area contributed by atoms with E-state index < -0.39 is 16.1 Å². The zero-order chi connectivity index (χ0) is 21.4. The van der Waals surface area contributed by atoms with Crippen LogP contribution in [0.1, 0.15) is 25.8 Å². The Morgan fingerprint density at radius 3 is 2.45 bits per heavy atom. The quantitative estimate of drug-likeness (QED) is 0.595. The smallest absolute Gasteiger partial charge is 0.245 e. The van der Waals surface area contributed by atoms with E-state index in [0.29, 0.717) is 12.5 Å². The van der Waals surface area contributed by atoms with Crippen molar-refractivity contribution in [3.63, 3.8) is 0 Å². The van der Waals surface area contributed by atoms with Crippen molar-refractivity contribution in [3.8, 4) is 5.75 Å². The Hall–Kier alpha value is -2.09. The predicted octanol–water partition coefficient (Wildman–Crippen LogP) is 3.40. The predicted molar refractivity (Wildman–Crippen MR) is 115 cm³/mol. The molecule has 0 saturated heterocycles. The number of hydrogen-bond donors (Lipinski definition) is 2. The molecule has 2 N–H and O–H groups in total. The number of carbonyl (C=O) groups excluding carboxylic acids is 1. The Bertz CT molecular complexity index is 918. The Kier molecular flexibility index (Phi) is 8.49. The molecule has 2 rings (SSSR count). The fourth-order valence-electron chi connectivity index (χ4n) is 2.76. The minimum Gasteiger partial charge on any atom is -0.495 e. The molecule has 0 bridgehead atoms. The molecule has 0 fully saturated rings. The monoisotopic (exact) mass is 438 g/mol. The van der Waals surface area contributed by atoms with Gasteiger partial charge in [-0.15, -0.1) is 0 Å². The van der Waals surface area contributed by atoms with Gasteiger partial charge in [-0.25, -0.2) is 8.42 Å². The van der Waals surface area contributed by atoms with Crippen LogP contribution in [0.4, 0.5) is 0 Å². The van der Waals surface area contributed by atoms with Crippen molar-refractivity contribution in [2.75, 3.05) is 13.7 Å². The third kappa shape index (κ3) is 7.03. The molecule has 0 aromatic heterocycles. The number of sulfonamides is 1. The number of ether oxygens (including phenoxy) is 1. The van der Waals surface area contributed by atoms with E-state index in [4.69, 9.17) is 16.3 Å². The van der Waals surface area contributed by atoms with E-state index in [-0.39, 0.29) is 28.0 Å². The number of methoxy groups -OCH3 is 1. The van der Waals surface area contributed by atoms with Crippen molar-refractivity contribution < 1.29 is 17.9 Å². The lowest BCUT2D eigenvalue weighted by Gasteiger charge is -2.20. The summed E-state index contributed by atoms with van der Waals surface area (Å²) in [7, 11) is -2.67. The van der Waals surface area contributed by atoms with E-state index in [1.807, 2.05) is 30.3 Å². The molecular formula is C21H27ClN2O4S. The van der Waals surface area contributed by atoms with Crippen molar-refractivity contribution in [2.45, 2.75) is 37.6 Å². The Morgan fingerprint density at radius 1 is 1.14 bits per heavy atom. The van der Waals surface area contributed by atoms with E-state index in [1.54, 1.807) is 6.07 Å². The first-order valence-electron chi connectivity index (χ1n) is 9.40. The zero-order valence-electron chi connectivity index (χ0n) is 16.8. The van der Waals surface area contributed by atoms with Crippen LogP contribution in [0.5, 0.6) is 5.75 Å². The highest BCUT2D eigenvalue weighted by atomic mass is 35.5. The summed E-state index contributed by atoms with van der Waals surface area (Å²) in [4.78, 5) is 12.7. The molecule has 0 heterocycles. The van der Waals surface area contributed by atoms with Gasteiger partial charge in [-0.3, -0.25) is 4.79 Å². The van der Waals surface area contributed by atoms with Crippen LogP contribution in [0.2, 0.25) is 5.02 Å². The maximum Gasteiger partial charge on any atom is 0.245 e. The number of nitrogens with one attached hydrogen (secondary N) is 2. The minimum absolute atomic E-state index is 0.111.